The summed E-state index contributed by atoms with van der Waals surface area (Å²) in [7, 11) is 1.59. The van der Waals surface area contributed by atoms with Gasteiger partial charge in [0.25, 0.3) is 0 Å². The highest BCUT2D eigenvalue weighted by Gasteiger charge is 2.07. The number of carbonyl (C=O) groups excluding carboxylic acids is 1. The summed E-state index contributed by atoms with van der Waals surface area (Å²) >= 11 is 0. The lowest BCUT2D eigenvalue weighted by Crippen LogP contribution is -2.24. The van der Waals surface area contributed by atoms with Gasteiger partial charge in [0.05, 0.1) is 0 Å². The van der Waals surface area contributed by atoms with Crippen molar-refractivity contribution in [1.82, 2.24) is 15.3 Å². The molecule has 0 atom stereocenters. The number of anilines is 1. The largest absolute Gasteiger partial charge is 0.341 e. The average Bonchev–Trinajstić information content (AvgIpc) is 3.12. The molecule has 5 heteroatoms. The Labute approximate surface area is 151 Å². The van der Waals surface area contributed by atoms with Crippen LogP contribution in [-0.4, -0.2) is 23.0 Å². The van der Waals surface area contributed by atoms with Crippen molar-refractivity contribution in [3.8, 4) is 22.4 Å². The monoisotopic (exact) mass is 342 g/mol. The number of H-pyrrole nitrogens is 1. The number of aromatic amines is 1. The second kappa shape index (κ2) is 6.72. The third-order valence-electron chi connectivity index (χ3n) is 4.26. The van der Waals surface area contributed by atoms with Crippen LogP contribution in [0.25, 0.3) is 33.4 Å². The van der Waals surface area contributed by atoms with E-state index in [4.69, 9.17) is 0 Å². The molecule has 4 aromatic rings. The number of hydrogen-bond donors (Lipinski definition) is 3. The van der Waals surface area contributed by atoms with Crippen molar-refractivity contribution in [2.45, 2.75) is 0 Å². The standard InChI is InChI=1S/C21H18N4O/c1-22-21(26)24-18-9-7-14(8-10-18)17-11-16-12-19(25-20(16)23-13-17)15-5-3-2-4-6-15/h2-13H,1H3,(H,23,25)(H2,22,24,26). The lowest BCUT2D eigenvalue weighted by atomic mass is 10.1. The SMILES string of the molecule is CNC(=O)Nc1ccc(-c2cnc3[nH]c(-c4ccccc4)cc3c2)cc1. The number of urea groups is 1. The Morgan fingerprint density at radius 3 is 2.42 bits per heavy atom. The summed E-state index contributed by atoms with van der Waals surface area (Å²) in [6.07, 6.45) is 1.86. The van der Waals surface area contributed by atoms with E-state index in [1.807, 2.05) is 48.7 Å². The summed E-state index contributed by atoms with van der Waals surface area (Å²) in [6, 6.07) is 21.9. The maximum absolute atomic E-state index is 11.4. The van der Waals surface area contributed by atoms with Crippen molar-refractivity contribution in [2.24, 2.45) is 0 Å². The Morgan fingerprint density at radius 2 is 1.69 bits per heavy atom. The van der Waals surface area contributed by atoms with E-state index in [-0.39, 0.29) is 6.03 Å². The van der Waals surface area contributed by atoms with E-state index in [0.717, 1.165) is 39.1 Å². The smallest absolute Gasteiger partial charge is 0.318 e. The van der Waals surface area contributed by atoms with Crippen molar-refractivity contribution < 1.29 is 4.79 Å². The first-order valence-electron chi connectivity index (χ1n) is 8.36. The van der Waals surface area contributed by atoms with Crippen molar-refractivity contribution in [3.05, 3.63) is 72.9 Å². The topological polar surface area (TPSA) is 69.8 Å². The van der Waals surface area contributed by atoms with E-state index < -0.39 is 0 Å². The van der Waals surface area contributed by atoms with Gasteiger partial charge in [-0.1, -0.05) is 42.5 Å². The van der Waals surface area contributed by atoms with Crippen LogP contribution in [0.2, 0.25) is 0 Å². The minimum atomic E-state index is -0.235. The summed E-state index contributed by atoms with van der Waals surface area (Å²) in [4.78, 5) is 19.3. The Morgan fingerprint density at radius 1 is 0.923 bits per heavy atom. The van der Waals surface area contributed by atoms with Crippen LogP contribution in [0.15, 0.2) is 72.9 Å². The van der Waals surface area contributed by atoms with Gasteiger partial charge >= 0.3 is 6.03 Å². The number of carbonyl (C=O) groups is 1. The third kappa shape index (κ3) is 3.15. The van der Waals surface area contributed by atoms with Crippen LogP contribution in [0.1, 0.15) is 0 Å². The van der Waals surface area contributed by atoms with Crippen LogP contribution in [0.5, 0.6) is 0 Å². The van der Waals surface area contributed by atoms with E-state index in [2.05, 4.69) is 44.9 Å². The quantitative estimate of drug-likeness (QED) is 0.507. The van der Waals surface area contributed by atoms with Gasteiger partial charge in [0.2, 0.25) is 0 Å². The molecule has 0 unspecified atom stereocenters. The minimum absolute atomic E-state index is 0.235. The number of nitrogens with one attached hydrogen (secondary N) is 3. The van der Waals surface area contributed by atoms with Crippen molar-refractivity contribution in [3.63, 3.8) is 0 Å². The predicted molar refractivity (Wildman–Crippen MR) is 105 cm³/mol. The van der Waals surface area contributed by atoms with Gasteiger partial charge in [-0.25, -0.2) is 9.78 Å². The molecule has 0 aliphatic carbocycles. The molecule has 0 fully saturated rings. The maximum Gasteiger partial charge on any atom is 0.318 e. The number of rotatable bonds is 3. The Kier molecular flexibility index (Phi) is 4.11. The Bertz CT molecular complexity index is 1050. The van der Waals surface area contributed by atoms with Crippen LogP contribution < -0.4 is 10.6 Å². The molecule has 0 bridgehead atoms. The molecule has 0 aliphatic rings. The Hall–Kier alpha value is -3.60. The first-order valence-corrected chi connectivity index (χ1v) is 8.36. The second-order valence-corrected chi connectivity index (χ2v) is 5.99. The molecule has 0 saturated heterocycles. The van der Waals surface area contributed by atoms with Crippen LogP contribution in [0.4, 0.5) is 10.5 Å². The van der Waals surface area contributed by atoms with E-state index in [1.54, 1.807) is 7.05 Å². The molecule has 2 aromatic heterocycles. The zero-order valence-corrected chi connectivity index (χ0v) is 14.3. The molecular weight excluding hydrogens is 324 g/mol. The molecule has 4 rings (SSSR count). The van der Waals surface area contributed by atoms with Gasteiger partial charge in [-0.3, -0.25) is 0 Å². The summed E-state index contributed by atoms with van der Waals surface area (Å²) in [5, 5.41) is 6.35. The summed E-state index contributed by atoms with van der Waals surface area (Å²) in [5.74, 6) is 0. The van der Waals surface area contributed by atoms with Crippen molar-refractivity contribution >= 4 is 22.8 Å². The van der Waals surface area contributed by atoms with Gasteiger partial charge in [0, 0.05) is 35.6 Å². The van der Waals surface area contributed by atoms with E-state index in [9.17, 15) is 4.79 Å². The average molecular weight is 342 g/mol. The maximum atomic E-state index is 11.4. The first kappa shape index (κ1) is 15.9. The first-order chi connectivity index (χ1) is 12.7. The van der Waals surface area contributed by atoms with Crippen LogP contribution >= 0.6 is 0 Å². The zero-order valence-electron chi connectivity index (χ0n) is 14.3. The number of fused-ring (bicyclic) bond motifs is 1. The molecule has 2 amide bonds. The lowest BCUT2D eigenvalue weighted by Gasteiger charge is -2.06. The van der Waals surface area contributed by atoms with Gasteiger partial charge in [0.15, 0.2) is 0 Å². The molecular formula is C21H18N4O. The van der Waals surface area contributed by atoms with Crippen molar-refractivity contribution in [2.75, 3.05) is 12.4 Å². The number of aromatic nitrogens is 2. The molecule has 26 heavy (non-hydrogen) atoms. The summed E-state index contributed by atoms with van der Waals surface area (Å²) in [5.41, 5.74) is 5.87. The lowest BCUT2D eigenvalue weighted by molar-refractivity contribution is 0.254. The number of amides is 2. The van der Waals surface area contributed by atoms with E-state index >= 15 is 0 Å². The number of hydrogen-bond acceptors (Lipinski definition) is 2. The summed E-state index contributed by atoms with van der Waals surface area (Å²) < 4.78 is 0. The molecule has 0 aliphatic heterocycles. The molecule has 0 radical (unpaired) electrons. The molecule has 3 N–H and O–H groups in total. The van der Waals surface area contributed by atoms with E-state index in [1.165, 1.54) is 0 Å². The van der Waals surface area contributed by atoms with Crippen LogP contribution in [0.3, 0.4) is 0 Å². The van der Waals surface area contributed by atoms with Gasteiger partial charge in [0.1, 0.15) is 5.65 Å². The highest BCUT2D eigenvalue weighted by molar-refractivity contribution is 5.90. The van der Waals surface area contributed by atoms with Gasteiger partial charge in [-0.2, -0.15) is 0 Å². The molecule has 128 valence electrons. The number of pyridine rings is 1. The molecule has 2 aromatic carbocycles. The second-order valence-electron chi connectivity index (χ2n) is 5.99. The molecule has 0 spiro atoms. The Balaban J connectivity index is 1.64. The third-order valence-corrected chi connectivity index (χ3v) is 4.26. The zero-order chi connectivity index (χ0) is 17.9. The molecule has 0 saturated carbocycles. The highest BCUT2D eigenvalue weighted by atomic mass is 16.2. The van der Waals surface area contributed by atoms with Gasteiger partial charge in [-0.05, 0) is 35.4 Å². The number of nitrogens with zero attached hydrogens (tertiary/aromatic N) is 1. The summed E-state index contributed by atoms with van der Waals surface area (Å²) in [6.45, 7) is 0. The van der Waals surface area contributed by atoms with E-state index in [0.29, 0.717) is 0 Å². The fourth-order valence-corrected chi connectivity index (χ4v) is 2.89. The molecule has 5 nitrogen and oxygen atoms in total. The van der Waals surface area contributed by atoms with Crippen LogP contribution in [-0.2, 0) is 0 Å². The predicted octanol–water partition coefficient (Wildman–Crippen LogP) is 4.65. The van der Waals surface area contributed by atoms with Gasteiger partial charge in [-0.15, -0.1) is 0 Å². The normalized spacial score (nSPS) is 10.7. The number of benzene rings is 2. The highest BCUT2D eigenvalue weighted by Crippen LogP contribution is 2.27. The molecule has 2 heterocycles. The van der Waals surface area contributed by atoms with Crippen molar-refractivity contribution in [1.29, 1.82) is 0 Å². The fourth-order valence-electron chi connectivity index (χ4n) is 2.89. The fraction of sp³-hybridized carbons (Fsp3) is 0.0476. The minimum Gasteiger partial charge on any atom is -0.341 e. The van der Waals surface area contributed by atoms with Gasteiger partial charge < -0.3 is 15.6 Å². The van der Waals surface area contributed by atoms with Crippen LogP contribution in [0, 0.1) is 0 Å².